The molecule has 1 heterocycles. The van der Waals surface area contributed by atoms with Crippen molar-refractivity contribution in [3.05, 3.63) is 82.0 Å². The molecule has 0 unspecified atom stereocenters. The second kappa shape index (κ2) is 8.19. The van der Waals surface area contributed by atoms with Gasteiger partial charge in [0, 0.05) is 22.5 Å². The topological polar surface area (TPSA) is 46.9 Å². The number of anilines is 1. The average molecular weight is 374 g/mol. The summed E-state index contributed by atoms with van der Waals surface area (Å²) in [6.45, 7) is 0.566. The molecule has 0 saturated heterocycles. The maximum absolute atomic E-state index is 12.2. The number of carbonyl (C=O) groups excluding carboxylic acids is 1. The normalized spacial score (nSPS) is 10.6. The van der Waals surface area contributed by atoms with Crippen LogP contribution in [-0.2, 0) is 17.8 Å². The van der Waals surface area contributed by atoms with Crippen LogP contribution in [-0.4, -0.2) is 15.7 Å². The summed E-state index contributed by atoms with van der Waals surface area (Å²) < 4.78 is 1.75. The summed E-state index contributed by atoms with van der Waals surface area (Å²) in [4.78, 5) is 12.2. The van der Waals surface area contributed by atoms with Crippen molar-refractivity contribution < 1.29 is 4.79 Å². The Morgan fingerprint density at radius 2 is 1.52 bits per heavy atom. The monoisotopic (exact) mass is 373 g/mol. The van der Waals surface area contributed by atoms with Crippen LogP contribution < -0.4 is 5.32 Å². The maximum atomic E-state index is 12.2. The van der Waals surface area contributed by atoms with E-state index in [1.165, 1.54) is 0 Å². The molecule has 0 bridgehead atoms. The molecule has 128 valence electrons. The molecule has 25 heavy (non-hydrogen) atoms. The zero-order valence-corrected chi connectivity index (χ0v) is 15.0. The fourth-order valence-electron chi connectivity index (χ4n) is 2.44. The van der Waals surface area contributed by atoms with Gasteiger partial charge < -0.3 is 5.32 Å². The van der Waals surface area contributed by atoms with E-state index in [4.69, 9.17) is 23.2 Å². The first-order valence-electron chi connectivity index (χ1n) is 7.91. The fourth-order valence-corrected chi connectivity index (χ4v) is 2.69. The number of rotatable bonds is 6. The molecule has 0 radical (unpaired) electrons. The molecule has 0 saturated carbocycles. The van der Waals surface area contributed by atoms with Crippen LogP contribution in [0.5, 0.6) is 0 Å². The predicted molar refractivity (Wildman–Crippen MR) is 101 cm³/mol. The number of aryl methyl sites for hydroxylation is 1. The molecule has 6 heteroatoms. The highest BCUT2D eigenvalue weighted by Crippen LogP contribution is 2.15. The van der Waals surface area contributed by atoms with E-state index in [0.717, 1.165) is 11.1 Å². The van der Waals surface area contributed by atoms with E-state index >= 15 is 0 Å². The van der Waals surface area contributed by atoms with Crippen molar-refractivity contribution in [2.24, 2.45) is 0 Å². The first-order chi connectivity index (χ1) is 12.1. The third-order valence-electron chi connectivity index (χ3n) is 3.78. The van der Waals surface area contributed by atoms with Gasteiger partial charge in [-0.25, -0.2) is 4.68 Å². The summed E-state index contributed by atoms with van der Waals surface area (Å²) in [6.07, 6.45) is 2.73. The second-order valence-corrected chi connectivity index (χ2v) is 6.55. The lowest BCUT2D eigenvalue weighted by molar-refractivity contribution is -0.116. The van der Waals surface area contributed by atoms with E-state index < -0.39 is 0 Å². The molecule has 1 aromatic heterocycles. The zero-order valence-electron chi connectivity index (χ0n) is 13.5. The van der Waals surface area contributed by atoms with Gasteiger partial charge in [-0.1, -0.05) is 47.5 Å². The minimum atomic E-state index is -0.0483. The Bertz CT molecular complexity index is 842. The van der Waals surface area contributed by atoms with Crippen molar-refractivity contribution >= 4 is 34.9 Å². The third-order valence-corrected chi connectivity index (χ3v) is 4.29. The van der Waals surface area contributed by atoms with Crippen molar-refractivity contribution in [1.29, 1.82) is 0 Å². The highest BCUT2D eigenvalue weighted by Gasteiger charge is 2.08. The number of hydrogen-bond acceptors (Lipinski definition) is 2. The van der Waals surface area contributed by atoms with Gasteiger partial charge >= 0.3 is 0 Å². The third kappa shape index (κ3) is 5.08. The minimum Gasteiger partial charge on any atom is -0.311 e. The summed E-state index contributed by atoms with van der Waals surface area (Å²) in [6, 6.07) is 16.9. The zero-order chi connectivity index (χ0) is 17.6. The van der Waals surface area contributed by atoms with Gasteiger partial charge in [-0.3, -0.25) is 4.79 Å². The second-order valence-electron chi connectivity index (χ2n) is 5.68. The van der Waals surface area contributed by atoms with E-state index in [1.807, 2.05) is 48.5 Å². The van der Waals surface area contributed by atoms with Crippen LogP contribution in [0.1, 0.15) is 17.5 Å². The molecule has 4 nitrogen and oxygen atoms in total. The van der Waals surface area contributed by atoms with Gasteiger partial charge in [0.15, 0.2) is 0 Å². The molecule has 0 spiro atoms. The van der Waals surface area contributed by atoms with Crippen molar-refractivity contribution in [3.63, 3.8) is 0 Å². The van der Waals surface area contributed by atoms with Crippen LogP contribution in [0.3, 0.4) is 0 Å². The van der Waals surface area contributed by atoms with Gasteiger partial charge in [-0.15, -0.1) is 0 Å². The minimum absolute atomic E-state index is 0.0483. The molecular formula is C19H17Cl2N3O. The van der Waals surface area contributed by atoms with E-state index in [9.17, 15) is 4.79 Å². The lowest BCUT2D eigenvalue weighted by Gasteiger charge is -2.09. The Morgan fingerprint density at radius 1 is 0.920 bits per heavy atom. The summed E-state index contributed by atoms with van der Waals surface area (Å²) in [7, 11) is 0. The van der Waals surface area contributed by atoms with Gasteiger partial charge in [0.25, 0.3) is 0 Å². The molecule has 0 atom stereocenters. The van der Waals surface area contributed by atoms with Crippen molar-refractivity contribution in [3.8, 4) is 0 Å². The van der Waals surface area contributed by atoms with Crippen molar-refractivity contribution in [2.45, 2.75) is 19.4 Å². The highest BCUT2D eigenvalue weighted by molar-refractivity contribution is 6.30. The number of amides is 1. The lowest BCUT2D eigenvalue weighted by atomic mass is 10.1. The van der Waals surface area contributed by atoms with Gasteiger partial charge in [-0.2, -0.15) is 5.10 Å². The number of nitrogens with zero attached hydrogens (tertiary/aromatic N) is 2. The molecule has 1 N–H and O–H groups in total. The fraction of sp³-hybridized carbons (Fsp3) is 0.158. The first kappa shape index (κ1) is 17.5. The Morgan fingerprint density at radius 3 is 2.16 bits per heavy atom. The largest absolute Gasteiger partial charge is 0.311 e. The standard InChI is InChI=1S/C19H17Cl2N3O/c20-16-6-1-14(2-7-16)5-10-19(25)23-18-11-12-22-24(18)13-15-3-8-17(21)9-4-15/h1-4,6-9,11-12H,5,10,13H2,(H,23,25). The van der Waals surface area contributed by atoms with E-state index in [2.05, 4.69) is 10.4 Å². The molecule has 0 fully saturated rings. The summed E-state index contributed by atoms with van der Waals surface area (Å²) in [5.74, 6) is 0.629. The van der Waals surface area contributed by atoms with E-state index in [-0.39, 0.29) is 5.91 Å². The quantitative estimate of drug-likeness (QED) is 0.673. The molecule has 0 aliphatic rings. The Balaban J connectivity index is 1.57. The maximum Gasteiger partial charge on any atom is 0.225 e. The van der Waals surface area contributed by atoms with Gasteiger partial charge in [-0.05, 0) is 41.8 Å². The lowest BCUT2D eigenvalue weighted by Crippen LogP contribution is -2.16. The summed E-state index contributed by atoms with van der Waals surface area (Å²) >= 11 is 11.8. The number of aromatic nitrogens is 2. The predicted octanol–water partition coefficient (Wildman–Crippen LogP) is 4.81. The molecule has 2 aromatic carbocycles. The van der Waals surface area contributed by atoms with Crippen LogP contribution in [0.2, 0.25) is 10.0 Å². The number of halogens is 2. The Hall–Kier alpha value is -2.30. The van der Waals surface area contributed by atoms with Crippen LogP contribution in [0.4, 0.5) is 5.82 Å². The van der Waals surface area contributed by atoms with Gasteiger partial charge in [0.1, 0.15) is 5.82 Å². The first-order valence-corrected chi connectivity index (χ1v) is 8.66. The van der Waals surface area contributed by atoms with Crippen LogP contribution in [0.15, 0.2) is 60.8 Å². The molecule has 0 aliphatic carbocycles. The van der Waals surface area contributed by atoms with E-state index in [1.54, 1.807) is 16.9 Å². The number of benzene rings is 2. The van der Waals surface area contributed by atoms with Gasteiger partial charge in [0.2, 0.25) is 5.91 Å². The Kier molecular flexibility index (Phi) is 5.74. The molecule has 0 aliphatic heterocycles. The molecule has 3 rings (SSSR count). The van der Waals surface area contributed by atoms with Crippen LogP contribution >= 0.6 is 23.2 Å². The van der Waals surface area contributed by atoms with Crippen LogP contribution in [0, 0.1) is 0 Å². The molecule has 3 aromatic rings. The SMILES string of the molecule is O=C(CCc1ccc(Cl)cc1)Nc1ccnn1Cc1ccc(Cl)cc1. The van der Waals surface area contributed by atoms with Crippen LogP contribution in [0.25, 0.3) is 0 Å². The van der Waals surface area contributed by atoms with Crippen molar-refractivity contribution in [1.82, 2.24) is 9.78 Å². The highest BCUT2D eigenvalue weighted by atomic mass is 35.5. The number of hydrogen-bond donors (Lipinski definition) is 1. The number of carbonyl (C=O) groups is 1. The summed E-state index contributed by atoms with van der Waals surface area (Å²) in [5.41, 5.74) is 2.14. The Labute approximate surface area is 156 Å². The summed E-state index contributed by atoms with van der Waals surface area (Å²) in [5, 5.41) is 8.57. The molecule has 1 amide bonds. The van der Waals surface area contributed by atoms with Crippen molar-refractivity contribution in [2.75, 3.05) is 5.32 Å². The molecular weight excluding hydrogens is 357 g/mol. The van der Waals surface area contributed by atoms with E-state index in [0.29, 0.717) is 35.2 Å². The van der Waals surface area contributed by atoms with Gasteiger partial charge in [0.05, 0.1) is 12.7 Å². The smallest absolute Gasteiger partial charge is 0.225 e. The number of nitrogens with one attached hydrogen (secondary N) is 1. The average Bonchev–Trinajstić information content (AvgIpc) is 3.03.